The van der Waals surface area contributed by atoms with Crippen molar-refractivity contribution in [1.82, 2.24) is 10.2 Å². The highest BCUT2D eigenvalue weighted by Crippen LogP contribution is 2.10. The molecule has 1 aromatic rings. The van der Waals surface area contributed by atoms with Gasteiger partial charge in [-0.25, -0.2) is 0 Å². The Hall–Kier alpha value is -0.480. The summed E-state index contributed by atoms with van der Waals surface area (Å²) >= 11 is 17.2. The van der Waals surface area contributed by atoms with Crippen LogP contribution in [0.2, 0.25) is 5.02 Å². The standard InChI is InChI=1S/C12H15Cl3N2O/c13-4-6-17(7-5-14)9-16-12(18)10-2-1-3-11(15)8-10/h1-3,8H,4-7,9H2,(H,16,18). The van der Waals surface area contributed by atoms with Gasteiger partial charge in [0.15, 0.2) is 0 Å². The summed E-state index contributed by atoms with van der Waals surface area (Å²) in [6, 6.07) is 6.82. The summed E-state index contributed by atoms with van der Waals surface area (Å²) in [6.45, 7) is 1.79. The lowest BCUT2D eigenvalue weighted by atomic mass is 10.2. The van der Waals surface area contributed by atoms with Crippen LogP contribution in [0.3, 0.4) is 0 Å². The lowest BCUT2D eigenvalue weighted by molar-refractivity contribution is 0.0926. The molecule has 0 unspecified atom stereocenters. The van der Waals surface area contributed by atoms with Gasteiger partial charge in [0.25, 0.3) is 5.91 Å². The number of carbonyl (C=O) groups excluding carboxylic acids is 1. The zero-order chi connectivity index (χ0) is 13.4. The van der Waals surface area contributed by atoms with Crippen molar-refractivity contribution in [2.45, 2.75) is 0 Å². The first-order valence-corrected chi connectivity index (χ1v) is 7.00. The molecule has 0 saturated carbocycles. The van der Waals surface area contributed by atoms with E-state index in [4.69, 9.17) is 34.8 Å². The summed E-state index contributed by atoms with van der Waals surface area (Å²) < 4.78 is 0. The van der Waals surface area contributed by atoms with Gasteiger partial charge in [-0.05, 0) is 18.2 Å². The molecular formula is C12H15Cl3N2O. The van der Waals surface area contributed by atoms with Crippen LogP contribution in [-0.2, 0) is 0 Å². The zero-order valence-corrected chi connectivity index (χ0v) is 12.1. The largest absolute Gasteiger partial charge is 0.339 e. The molecule has 0 aromatic heterocycles. The molecule has 1 rings (SSSR count). The van der Waals surface area contributed by atoms with Gasteiger partial charge in [-0.1, -0.05) is 17.7 Å². The number of hydrogen-bond donors (Lipinski definition) is 1. The minimum Gasteiger partial charge on any atom is -0.339 e. The second-order valence-corrected chi connectivity index (χ2v) is 4.86. The van der Waals surface area contributed by atoms with Crippen molar-refractivity contribution >= 4 is 40.7 Å². The molecule has 1 N–H and O–H groups in total. The van der Waals surface area contributed by atoms with Crippen LogP contribution in [0.1, 0.15) is 10.4 Å². The van der Waals surface area contributed by atoms with E-state index in [1.807, 2.05) is 4.90 Å². The van der Waals surface area contributed by atoms with E-state index < -0.39 is 0 Å². The van der Waals surface area contributed by atoms with Crippen LogP contribution in [0, 0.1) is 0 Å². The van der Waals surface area contributed by atoms with Gasteiger partial charge in [0.05, 0.1) is 6.67 Å². The van der Waals surface area contributed by atoms with Crippen LogP contribution in [-0.4, -0.2) is 42.3 Å². The van der Waals surface area contributed by atoms with Gasteiger partial charge in [0, 0.05) is 35.4 Å². The summed E-state index contributed by atoms with van der Waals surface area (Å²) in [5.74, 6) is 0.847. The second-order valence-electron chi connectivity index (χ2n) is 3.67. The first kappa shape index (κ1) is 15.6. The molecular weight excluding hydrogens is 295 g/mol. The molecule has 0 spiro atoms. The van der Waals surface area contributed by atoms with Gasteiger partial charge in [-0.3, -0.25) is 9.69 Å². The van der Waals surface area contributed by atoms with Crippen molar-refractivity contribution in [2.24, 2.45) is 0 Å². The van der Waals surface area contributed by atoms with E-state index in [-0.39, 0.29) is 5.91 Å². The number of benzene rings is 1. The number of alkyl halides is 2. The molecule has 0 aliphatic carbocycles. The highest BCUT2D eigenvalue weighted by Gasteiger charge is 2.08. The predicted molar refractivity (Wildman–Crippen MR) is 76.8 cm³/mol. The van der Waals surface area contributed by atoms with Crippen molar-refractivity contribution in [3.63, 3.8) is 0 Å². The van der Waals surface area contributed by atoms with E-state index in [1.54, 1.807) is 24.3 Å². The third-order valence-corrected chi connectivity index (χ3v) is 2.92. The third-order valence-electron chi connectivity index (χ3n) is 2.35. The molecule has 0 radical (unpaired) electrons. The van der Waals surface area contributed by atoms with Crippen molar-refractivity contribution < 1.29 is 4.79 Å². The Bertz CT molecular complexity index is 381. The molecule has 0 atom stereocenters. The minimum atomic E-state index is -0.161. The normalized spacial score (nSPS) is 10.7. The maximum atomic E-state index is 11.8. The van der Waals surface area contributed by atoms with E-state index in [0.717, 1.165) is 0 Å². The average molecular weight is 310 g/mol. The van der Waals surface area contributed by atoms with Crippen LogP contribution in [0.5, 0.6) is 0 Å². The Morgan fingerprint density at radius 1 is 1.22 bits per heavy atom. The number of nitrogens with one attached hydrogen (secondary N) is 1. The smallest absolute Gasteiger partial charge is 0.252 e. The Morgan fingerprint density at radius 3 is 2.44 bits per heavy atom. The number of rotatable bonds is 7. The van der Waals surface area contributed by atoms with Gasteiger partial charge < -0.3 is 5.32 Å². The Morgan fingerprint density at radius 2 is 1.89 bits per heavy atom. The second kappa shape index (κ2) is 8.59. The monoisotopic (exact) mass is 308 g/mol. The number of hydrogen-bond acceptors (Lipinski definition) is 2. The topological polar surface area (TPSA) is 32.3 Å². The minimum absolute atomic E-state index is 0.161. The van der Waals surface area contributed by atoms with Crippen molar-refractivity contribution in [1.29, 1.82) is 0 Å². The quantitative estimate of drug-likeness (QED) is 0.620. The maximum absolute atomic E-state index is 11.8. The Labute approximate surface area is 122 Å². The van der Waals surface area contributed by atoms with Gasteiger partial charge in [0.1, 0.15) is 0 Å². The molecule has 0 aliphatic heterocycles. The lowest BCUT2D eigenvalue weighted by Crippen LogP contribution is -2.39. The van der Waals surface area contributed by atoms with Crippen molar-refractivity contribution in [2.75, 3.05) is 31.5 Å². The van der Waals surface area contributed by atoms with Gasteiger partial charge in [0.2, 0.25) is 0 Å². The van der Waals surface area contributed by atoms with E-state index in [0.29, 0.717) is 42.1 Å². The van der Waals surface area contributed by atoms with E-state index in [9.17, 15) is 4.79 Å². The molecule has 0 bridgehead atoms. The molecule has 0 fully saturated rings. The summed E-state index contributed by atoms with van der Waals surface area (Å²) in [5, 5.41) is 3.35. The molecule has 3 nitrogen and oxygen atoms in total. The number of halogens is 3. The summed E-state index contributed by atoms with van der Waals surface area (Å²) in [4.78, 5) is 13.8. The van der Waals surface area contributed by atoms with Crippen LogP contribution in [0.4, 0.5) is 0 Å². The summed E-state index contributed by atoms with van der Waals surface area (Å²) in [7, 11) is 0. The molecule has 100 valence electrons. The molecule has 18 heavy (non-hydrogen) atoms. The van der Waals surface area contributed by atoms with Gasteiger partial charge in [-0.2, -0.15) is 0 Å². The van der Waals surface area contributed by atoms with E-state index in [1.165, 1.54) is 0 Å². The average Bonchev–Trinajstić information content (AvgIpc) is 2.36. The molecule has 1 amide bonds. The molecule has 6 heteroatoms. The number of amides is 1. The first-order valence-electron chi connectivity index (χ1n) is 5.55. The summed E-state index contributed by atoms with van der Waals surface area (Å²) in [5.41, 5.74) is 0.541. The van der Waals surface area contributed by atoms with Crippen molar-refractivity contribution in [3.8, 4) is 0 Å². The van der Waals surface area contributed by atoms with E-state index in [2.05, 4.69) is 5.32 Å². The molecule has 0 heterocycles. The lowest BCUT2D eigenvalue weighted by Gasteiger charge is -2.20. The highest BCUT2D eigenvalue weighted by atomic mass is 35.5. The maximum Gasteiger partial charge on any atom is 0.252 e. The van der Waals surface area contributed by atoms with Gasteiger partial charge >= 0.3 is 0 Å². The van der Waals surface area contributed by atoms with Crippen LogP contribution < -0.4 is 5.32 Å². The fraction of sp³-hybridized carbons (Fsp3) is 0.417. The summed E-state index contributed by atoms with van der Waals surface area (Å²) in [6.07, 6.45) is 0. The number of carbonyl (C=O) groups is 1. The fourth-order valence-corrected chi connectivity index (χ4v) is 2.09. The van der Waals surface area contributed by atoms with E-state index >= 15 is 0 Å². The molecule has 1 aromatic carbocycles. The Kier molecular flexibility index (Phi) is 7.44. The fourth-order valence-electron chi connectivity index (χ4n) is 1.42. The SMILES string of the molecule is O=C(NCN(CCCl)CCCl)c1cccc(Cl)c1. The van der Waals surface area contributed by atoms with Crippen LogP contribution >= 0.6 is 34.8 Å². The highest BCUT2D eigenvalue weighted by molar-refractivity contribution is 6.30. The number of nitrogens with zero attached hydrogens (tertiary/aromatic N) is 1. The third kappa shape index (κ3) is 5.44. The van der Waals surface area contributed by atoms with Gasteiger partial charge in [-0.15, -0.1) is 23.2 Å². The predicted octanol–water partition coefficient (Wildman–Crippen LogP) is 2.81. The van der Waals surface area contributed by atoms with Crippen LogP contribution in [0.25, 0.3) is 0 Å². The first-order chi connectivity index (χ1) is 8.67. The van der Waals surface area contributed by atoms with Crippen molar-refractivity contribution in [3.05, 3.63) is 34.9 Å². The Balaban J connectivity index is 2.49. The zero-order valence-electron chi connectivity index (χ0n) is 9.83. The molecule has 0 saturated heterocycles. The molecule has 0 aliphatic rings. The van der Waals surface area contributed by atoms with Crippen LogP contribution in [0.15, 0.2) is 24.3 Å².